The van der Waals surface area contributed by atoms with Crippen LogP contribution in [0.4, 0.5) is 0 Å². The number of fused-ring (bicyclic) bond motifs is 1. The number of ether oxygens (including phenoxy) is 1. The number of morpholine rings is 1. The molecule has 1 aliphatic heterocycles. The third-order valence-corrected chi connectivity index (χ3v) is 5.73. The van der Waals surface area contributed by atoms with Gasteiger partial charge in [0, 0.05) is 24.0 Å². The monoisotopic (exact) mass is 413 g/mol. The van der Waals surface area contributed by atoms with Crippen molar-refractivity contribution >= 4 is 33.4 Å². The van der Waals surface area contributed by atoms with Crippen LogP contribution in [0.2, 0.25) is 0 Å². The minimum absolute atomic E-state index is 0.0358. The first-order chi connectivity index (χ1) is 14.0. The Bertz CT molecular complexity index is 1160. The molecule has 0 atom stereocenters. The number of carboxylic acid groups (broad SMARTS) is 1. The maximum atomic E-state index is 13.3. The van der Waals surface area contributed by atoms with Crippen molar-refractivity contribution in [1.29, 1.82) is 0 Å². The summed E-state index contributed by atoms with van der Waals surface area (Å²) in [6, 6.07) is 7.49. The molecular formula is C20H19N3O5S. The maximum absolute atomic E-state index is 13.3. The Morgan fingerprint density at radius 3 is 2.72 bits per heavy atom. The van der Waals surface area contributed by atoms with Gasteiger partial charge in [-0.2, -0.15) is 0 Å². The first-order valence-corrected chi connectivity index (χ1v) is 10.0. The van der Waals surface area contributed by atoms with Crippen molar-refractivity contribution in [3.63, 3.8) is 0 Å². The zero-order chi connectivity index (χ0) is 20.5. The van der Waals surface area contributed by atoms with Gasteiger partial charge in [-0.25, -0.2) is 9.78 Å². The molecule has 0 unspecified atom stereocenters. The molecule has 0 saturated carbocycles. The fourth-order valence-electron chi connectivity index (χ4n) is 3.38. The highest BCUT2D eigenvalue weighted by Gasteiger charge is 2.24. The standard InChI is InChI=1S/C20H19N3O5S/c1-12-3-2-4-13(9-12)17-21-18-16(14(11-29-18)20(26)27)19(25)23(17)10-15(24)22-5-7-28-8-6-22/h2-4,9,11H,5-8,10H2,1H3,(H,26,27). The summed E-state index contributed by atoms with van der Waals surface area (Å²) in [4.78, 5) is 44.2. The number of rotatable bonds is 4. The van der Waals surface area contributed by atoms with Crippen LogP contribution in [0.15, 0.2) is 34.4 Å². The lowest BCUT2D eigenvalue weighted by Crippen LogP contribution is -2.43. The molecule has 4 rings (SSSR count). The number of carbonyl (C=O) groups excluding carboxylic acids is 1. The van der Waals surface area contributed by atoms with E-state index in [0.29, 0.717) is 42.5 Å². The van der Waals surface area contributed by atoms with E-state index in [1.165, 1.54) is 9.95 Å². The molecular weight excluding hydrogens is 394 g/mol. The number of carbonyl (C=O) groups is 2. The topological polar surface area (TPSA) is 102 Å². The molecule has 8 nitrogen and oxygen atoms in total. The Balaban J connectivity index is 1.88. The molecule has 1 N–H and O–H groups in total. The Kier molecular flexibility index (Phi) is 5.16. The highest BCUT2D eigenvalue weighted by molar-refractivity contribution is 7.17. The molecule has 2 aromatic heterocycles. The van der Waals surface area contributed by atoms with Gasteiger partial charge >= 0.3 is 5.97 Å². The van der Waals surface area contributed by atoms with Crippen molar-refractivity contribution in [1.82, 2.24) is 14.5 Å². The predicted molar refractivity (Wildman–Crippen MR) is 108 cm³/mol. The molecule has 1 amide bonds. The van der Waals surface area contributed by atoms with Crippen LogP contribution >= 0.6 is 11.3 Å². The highest BCUT2D eigenvalue weighted by atomic mass is 32.1. The number of aromatic nitrogens is 2. The van der Waals surface area contributed by atoms with E-state index in [1.807, 2.05) is 31.2 Å². The molecule has 9 heteroatoms. The summed E-state index contributed by atoms with van der Waals surface area (Å²) in [6.45, 7) is 3.55. The average Bonchev–Trinajstić information content (AvgIpc) is 3.15. The van der Waals surface area contributed by atoms with Crippen LogP contribution in [0.5, 0.6) is 0 Å². The predicted octanol–water partition coefficient (Wildman–Crippen LogP) is 1.99. The molecule has 0 spiro atoms. The molecule has 3 heterocycles. The van der Waals surface area contributed by atoms with Gasteiger partial charge in [-0.1, -0.05) is 23.8 Å². The van der Waals surface area contributed by atoms with Crippen LogP contribution in [0, 0.1) is 6.92 Å². The van der Waals surface area contributed by atoms with Gasteiger partial charge in [-0.3, -0.25) is 14.2 Å². The molecule has 150 valence electrons. The summed E-state index contributed by atoms with van der Waals surface area (Å²) >= 11 is 1.11. The van der Waals surface area contributed by atoms with Crippen LogP contribution in [-0.4, -0.2) is 57.7 Å². The van der Waals surface area contributed by atoms with Gasteiger partial charge in [0.05, 0.1) is 24.2 Å². The van der Waals surface area contributed by atoms with E-state index in [-0.39, 0.29) is 23.4 Å². The van der Waals surface area contributed by atoms with E-state index >= 15 is 0 Å². The fraction of sp³-hybridized carbons (Fsp3) is 0.300. The summed E-state index contributed by atoms with van der Waals surface area (Å²) in [5.41, 5.74) is 1.07. The number of benzene rings is 1. The Morgan fingerprint density at radius 2 is 2.03 bits per heavy atom. The smallest absolute Gasteiger partial charge is 0.337 e. The minimum atomic E-state index is -1.19. The Labute approximate surface area is 170 Å². The molecule has 0 radical (unpaired) electrons. The molecule has 29 heavy (non-hydrogen) atoms. The largest absolute Gasteiger partial charge is 0.478 e. The number of amides is 1. The second-order valence-corrected chi connectivity index (χ2v) is 7.68. The van der Waals surface area contributed by atoms with Crippen LogP contribution in [0.25, 0.3) is 21.6 Å². The van der Waals surface area contributed by atoms with E-state index in [0.717, 1.165) is 16.9 Å². The van der Waals surface area contributed by atoms with Crippen LogP contribution < -0.4 is 5.56 Å². The lowest BCUT2D eigenvalue weighted by atomic mass is 10.1. The molecule has 0 bridgehead atoms. The summed E-state index contributed by atoms with van der Waals surface area (Å²) in [7, 11) is 0. The second-order valence-electron chi connectivity index (χ2n) is 6.82. The van der Waals surface area contributed by atoms with Crippen molar-refractivity contribution < 1.29 is 19.4 Å². The fourth-order valence-corrected chi connectivity index (χ4v) is 4.28. The average molecular weight is 413 g/mol. The van der Waals surface area contributed by atoms with E-state index in [1.54, 1.807) is 4.90 Å². The lowest BCUT2D eigenvalue weighted by molar-refractivity contribution is -0.135. The highest BCUT2D eigenvalue weighted by Crippen LogP contribution is 2.26. The van der Waals surface area contributed by atoms with Gasteiger partial charge in [0.25, 0.3) is 5.56 Å². The van der Waals surface area contributed by atoms with Gasteiger partial charge in [-0.05, 0) is 13.0 Å². The first kappa shape index (κ1) is 19.3. The van der Waals surface area contributed by atoms with Crippen LogP contribution in [0.1, 0.15) is 15.9 Å². The number of hydrogen-bond donors (Lipinski definition) is 1. The maximum Gasteiger partial charge on any atom is 0.337 e. The molecule has 0 aliphatic carbocycles. The quantitative estimate of drug-likeness (QED) is 0.702. The molecule has 1 aromatic carbocycles. The number of aromatic carboxylic acids is 1. The normalized spacial score (nSPS) is 14.3. The van der Waals surface area contributed by atoms with Gasteiger partial charge in [0.2, 0.25) is 5.91 Å². The third kappa shape index (κ3) is 3.66. The van der Waals surface area contributed by atoms with Crippen molar-refractivity contribution in [2.24, 2.45) is 0 Å². The first-order valence-electron chi connectivity index (χ1n) is 9.13. The van der Waals surface area contributed by atoms with E-state index in [4.69, 9.17) is 4.74 Å². The number of hydrogen-bond acceptors (Lipinski definition) is 6. The zero-order valence-corrected chi connectivity index (χ0v) is 16.6. The Morgan fingerprint density at radius 1 is 1.28 bits per heavy atom. The van der Waals surface area contributed by atoms with Gasteiger partial charge in [0.1, 0.15) is 17.2 Å². The van der Waals surface area contributed by atoms with Crippen molar-refractivity contribution in [2.75, 3.05) is 26.3 Å². The summed E-state index contributed by atoms with van der Waals surface area (Å²) in [6.07, 6.45) is 0. The lowest BCUT2D eigenvalue weighted by Gasteiger charge is -2.27. The van der Waals surface area contributed by atoms with E-state index in [9.17, 15) is 19.5 Å². The van der Waals surface area contributed by atoms with Gasteiger partial charge < -0.3 is 14.7 Å². The van der Waals surface area contributed by atoms with Crippen molar-refractivity contribution in [3.8, 4) is 11.4 Å². The Hall–Kier alpha value is -3.04. The van der Waals surface area contributed by atoms with Crippen LogP contribution in [0.3, 0.4) is 0 Å². The SMILES string of the molecule is Cc1cccc(-c2nc3scc(C(=O)O)c3c(=O)n2CC(=O)N2CCOCC2)c1. The van der Waals surface area contributed by atoms with E-state index in [2.05, 4.69) is 4.98 Å². The number of carboxylic acids is 1. The van der Waals surface area contributed by atoms with Gasteiger partial charge in [-0.15, -0.1) is 11.3 Å². The number of aryl methyl sites for hydroxylation is 1. The molecule has 3 aromatic rings. The molecule has 1 saturated heterocycles. The third-order valence-electron chi connectivity index (χ3n) is 4.86. The van der Waals surface area contributed by atoms with E-state index < -0.39 is 11.5 Å². The van der Waals surface area contributed by atoms with Crippen LogP contribution in [-0.2, 0) is 16.1 Å². The number of nitrogens with zero attached hydrogens (tertiary/aromatic N) is 3. The summed E-state index contributed by atoms with van der Waals surface area (Å²) in [5, 5.41) is 10.9. The summed E-state index contributed by atoms with van der Waals surface area (Å²) in [5.74, 6) is -1.06. The molecule has 1 fully saturated rings. The second kappa shape index (κ2) is 7.76. The van der Waals surface area contributed by atoms with Crippen molar-refractivity contribution in [2.45, 2.75) is 13.5 Å². The number of thiophene rings is 1. The zero-order valence-electron chi connectivity index (χ0n) is 15.8. The minimum Gasteiger partial charge on any atom is -0.478 e. The van der Waals surface area contributed by atoms with Gasteiger partial charge in [0.15, 0.2) is 0 Å². The van der Waals surface area contributed by atoms with Crippen molar-refractivity contribution in [3.05, 3.63) is 51.1 Å². The summed E-state index contributed by atoms with van der Waals surface area (Å²) < 4.78 is 6.57. The molecule has 1 aliphatic rings.